The lowest BCUT2D eigenvalue weighted by Crippen LogP contribution is -2.17. The first-order valence-corrected chi connectivity index (χ1v) is 6.24. The van der Waals surface area contributed by atoms with Gasteiger partial charge in [-0.15, -0.1) is 0 Å². The van der Waals surface area contributed by atoms with Gasteiger partial charge in [-0.1, -0.05) is 12.1 Å². The van der Waals surface area contributed by atoms with Crippen LogP contribution in [-0.2, 0) is 4.79 Å². The molecule has 1 amide bonds. The van der Waals surface area contributed by atoms with Crippen molar-refractivity contribution in [1.82, 2.24) is 5.01 Å². The van der Waals surface area contributed by atoms with Gasteiger partial charge in [-0.3, -0.25) is 4.79 Å². The van der Waals surface area contributed by atoms with Crippen molar-refractivity contribution in [3.8, 4) is 0 Å². The maximum absolute atomic E-state index is 12.1. The van der Waals surface area contributed by atoms with Gasteiger partial charge < -0.3 is 4.90 Å². The summed E-state index contributed by atoms with van der Waals surface area (Å²) >= 11 is 0. The normalized spacial score (nSPS) is 17.6. The molecule has 4 nitrogen and oxygen atoms in total. The quantitative estimate of drug-likeness (QED) is 0.763. The lowest BCUT2D eigenvalue weighted by atomic mass is 9.98. The van der Waals surface area contributed by atoms with Crippen LogP contribution >= 0.6 is 0 Å². The monoisotopic (exact) mass is 257 g/mol. The van der Waals surface area contributed by atoms with Crippen molar-refractivity contribution in [1.29, 1.82) is 0 Å². The highest BCUT2D eigenvalue weighted by molar-refractivity contribution is 6.28. The molecule has 4 heteroatoms. The Kier molecular flexibility index (Phi) is 3.42. The molecule has 1 heterocycles. The van der Waals surface area contributed by atoms with Crippen LogP contribution in [0, 0.1) is 0 Å². The van der Waals surface area contributed by atoms with E-state index in [0.717, 1.165) is 22.5 Å². The molecule has 0 bridgehead atoms. The molecule has 0 fully saturated rings. The number of allylic oxidation sites excluding steroid dienone is 1. The average Bonchev–Trinajstić information content (AvgIpc) is 2.62. The molecule has 0 atom stereocenters. The Morgan fingerprint density at radius 1 is 1.21 bits per heavy atom. The molecule has 0 unspecified atom stereocenters. The molecule has 0 spiro atoms. The second-order valence-electron chi connectivity index (χ2n) is 4.96. The van der Waals surface area contributed by atoms with Gasteiger partial charge in [0.15, 0.2) is 0 Å². The van der Waals surface area contributed by atoms with E-state index in [9.17, 15) is 4.79 Å². The third kappa shape index (κ3) is 2.38. The number of hydrogen-bond donors (Lipinski definition) is 0. The number of likely N-dealkylation sites (N-methyl/N-ethyl adjacent to an activating group) is 1. The molecule has 0 saturated carbocycles. The molecule has 0 aromatic heterocycles. The molecule has 1 aromatic rings. The van der Waals surface area contributed by atoms with E-state index in [1.54, 1.807) is 7.05 Å². The standard InChI is InChI=1S/C15H19N3O/c1-10(14-11(2)16-18(5)15(14)19)12-6-8-13(9-7-12)17(3)4/h6-9H,1-5H3/b14-10+. The van der Waals surface area contributed by atoms with Crippen molar-refractivity contribution in [2.24, 2.45) is 5.10 Å². The summed E-state index contributed by atoms with van der Waals surface area (Å²) in [5.74, 6) is -0.0355. The maximum Gasteiger partial charge on any atom is 0.275 e. The lowest BCUT2D eigenvalue weighted by Gasteiger charge is -2.13. The molecule has 100 valence electrons. The van der Waals surface area contributed by atoms with Crippen LogP contribution in [0.2, 0.25) is 0 Å². The largest absolute Gasteiger partial charge is 0.378 e. The topological polar surface area (TPSA) is 35.9 Å². The van der Waals surface area contributed by atoms with Gasteiger partial charge in [0.05, 0.1) is 11.3 Å². The van der Waals surface area contributed by atoms with E-state index >= 15 is 0 Å². The average molecular weight is 257 g/mol. The number of benzene rings is 1. The fourth-order valence-electron chi connectivity index (χ4n) is 2.22. The number of amides is 1. The SMILES string of the molecule is CC1=NN(C)C(=O)/C1=C(\C)c1ccc(N(C)C)cc1. The predicted molar refractivity (Wildman–Crippen MR) is 79.2 cm³/mol. The fraction of sp³-hybridized carbons (Fsp3) is 0.333. The van der Waals surface area contributed by atoms with Crippen LogP contribution in [0.15, 0.2) is 34.9 Å². The summed E-state index contributed by atoms with van der Waals surface area (Å²) in [5.41, 5.74) is 4.66. The summed E-state index contributed by atoms with van der Waals surface area (Å²) < 4.78 is 0. The first kappa shape index (κ1) is 13.3. The summed E-state index contributed by atoms with van der Waals surface area (Å²) in [5, 5.41) is 5.57. The molecule has 19 heavy (non-hydrogen) atoms. The van der Waals surface area contributed by atoms with Crippen LogP contribution in [0.4, 0.5) is 5.69 Å². The third-order valence-electron chi connectivity index (χ3n) is 3.36. The van der Waals surface area contributed by atoms with Crippen LogP contribution in [0.3, 0.4) is 0 Å². The van der Waals surface area contributed by atoms with Gasteiger partial charge in [0.2, 0.25) is 0 Å². The summed E-state index contributed by atoms with van der Waals surface area (Å²) in [7, 11) is 5.69. The Morgan fingerprint density at radius 3 is 2.21 bits per heavy atom. The van der Waals surface area contributed by atoms with Crippen molar-refractivity contribution < 1.29 is 4.79 Å². The van der Waals surface area contributed by atoms with Crippen molar-refractivity contribution in [3.05, 3.63) is 35.4 Å². The second kappa shape index (κ2) is 4.88. The minimum atomic E-state index is -0.0355. The summed E-state index contributed by atoms with van der Waals surface area (Å²) in [4.78, 5) is 14.1. The third-order valence-corrected chi connectivity index (χ3v) is 3.36. The zero-order chi connectivity index (χ0) is 14.2. The number of anilines is 1. The zero-order valence-corrected chi connectivity index (χ0v) is 12.1. The minimum Gasteiger partial charge on any atom is -0.378 e. The van der Waals surface area contributed by atoms with Crippen LogP contribution in [0.1, 0.15) is 19.4 Å². The van der Waals surface area contributed by atoms with Crippen LogP contribution in [0.5, 0.6) is 0 Å². The predicted octanol–water partition coefficient (Wildman–Crippen LogP) is 2.37. The Balaban J connectivity index is 2.41. The molecule has 0 aliphatic carbocycles. The van der Waals surface area contributed by atoms with E-state index in [0.29, 0.717) is 5.57 Å². The number of carbonyl (C=O) groups excluding carboxylic acids is 1. The van der Waals surface area contributed by atoms with E-state index in [4.69, 9.17) is 0 Å². The Morgan fingerprint density at radius 2 is 1.79 bits per heavy atom. The van der Waals surface area contributed by atoms with Crippen LogP contribution < -0.4 is 4.90 Å². The molecule has 1 aliphatic rings. The Bertz CT molecular complexity index is 568. The summed E-state index contributed by atoms with van der Waals surface area (Å²) in [6, 6.07) is 8.18. The van der Waals surface area contributed by atoms with E-state index in [1.165, 1.54) is 5.01 Å². The van der Waals surface area contributed by atoms with Crippen molar-refractivity contribution >= 4 is 22.9 Å². The van der Waals surface area contributed by atoms with Crippen molar-refractivity contribution in [2.45, 2.75) is 13.8 Å². The van der Waals surface area contributed by atoms with E-state index < -0.39 is 0 Å². The van der Waals surface area contributed by atoms with Gasteiger partial charge in [-0.25, -0.2) is 5.01 Å². The molecular formula is C15H19N3O. The number of nitrogens with zero attached hydrogens (tertiary/aromatic N) is 3. The van der Waals surface area contributed by atoms with Gasteiger partial charge in [0.1, 0.15) is 0 Å². The summed E-state index contributed by atoms with van der Waals surface area (Å²) in [6.45, 7) is 3.84. The van der Waals surface area contributed by atoms with Crippen LogP contribution in [0.25, 0.3) is 5.57 Å². The molecular weight excluding hydrogens is 238 g/mol. The molecule has 2 rings (SSSR count). The first-order valence-electron chi connectivity index (χ1n) is 6.24. The number of hydrogen-bond acceptors (Lipinski definition) is 3. The highest BCUT2D eigenvalue weighted by Crippen LogP contribution is 2.25. The second-order valence-corrected chi connectivity index (χ2v) is 4.96. The van der Waals surface area contributed by atoms with Gasteiger partial charge in [-0.2, -0.15) is 5.10 Å². The molecule has 1 aliphatic heterocycles. The zero-order valence-electron chi connectivity index (χ0n) is 12.1. The van der Waals surface area contributed by atoms with E-state index in [2.05, 4.69) is 17.2 Å². The number of hydrazone groups is 1. The Labute approximate surface area is 114 Å². The highest BCUT2D eigenvalue weighted by atomic mass is 16.2. The molecule has 0 saturated heterocycles. The van der Waals surface area contributed by atoms with Gasteiger partial charge >= 0.3 is 0 Å². The van der Waals surface area contributed by atoms with E-state index in [1.807, 2.05) is 45.0 Å². The first-order chi connectivity index (χ1) is 8.91. The molecule has 0 N–H and O–H groups in total. The van der Waals surface area contributed by atoms with Gasteiger partial charge in [0.25, 0.3) is 5.91 Å². The van der Waals surface area contributed by atoms with Gasteiger partial charge in [0, 0.05) is 26.8 Å². The summed E-state index contributed by atoms with van der Waals surface area (Å²) in [6.07, 6.45) is 0. The Hall–Kier alpha value is -2.10. The van der Waals surface area contributed by atoms with Crippen molar-refractivity contribution in [2.75, 3.05) is 26.0 Å². The minimum absolute atomic E-state index is 0.0355. The maximum atomic E-state index is 12.1. The fourth-order valence-corrected chi connectivity index (χ4v) is 2.22. The molecule has 1 aromatic carbocycles. The van der Waals surface area contributed by atoms with E-state index in [-0.39, 0.29) is 5.91 Å². The number of carbonyl (C=O) groups is 1. The van der Waals surface area contributed by atoms with Gasteiger partial charge in [-0.05, 0) is 37.1 Å². The highest BCUT2D eigenvalue weighted by Gasteiger charge is 2.26. The van der Waals surface area contributed by atoms with Crippen molar-refractivity contribution in [3.63, 3.8) is 0 Å². The smallest absolute Gasteiger partial charge is 0.275 e. The molecule has 0 radical (unpaired) electrons. The lowest BCUT2D eigenvalue weighted by molar-refractivity contribution is -0.124. The van der Waals surface area contributed by atoms with Crippen LogP contribution in [-0.4, -0.2) is 37.8 Å². The number of rotatable bonds is 2.